The fourth-order valence-corrected chi connectivity index (χ4v) is 3.18. The van der Waals surface area contributed by atoms with Crippen LogP contribution in [0.25, 0.3) is 0 Å². The van der Waals surface area contributed by atoms with Crippen molar-refractivity contribution in [2.45, 2.75) is 6.17 Å². The zero-order chi connectivity index (χ0) is 17.4. The van der Waals surface area contributed by atoms with Crippen LogP contribution in [0.4, 0.5) is 15.8 Å². The van der Waals surface area contributed by atoms with Gasteiger partial charge in [0, 0.05) is 21.8 Å². The predicted molar refractivity (Wildman–Crippen MR) is 97.5 cm³/mol. The monoisotopic (exact) mass is 352 g/mol. The van der Waals surface area contributed by atoms with E-state index in [0.29, 0.717) is 22.0 Å². The van der Waals surface area contributed by atoms with Gasteiger partial charge in [-0.3, -0.25) is 9.69 Å². The average Bonchev–Trinajstić information content (AvgIpc) is 2.90. The molecule has 0 fully saturated rings. The minimum Gasteiger partial charge on any atom is -0.359 e. The molecule has 1 aliphatic rings. The second-order valence-electron chi connectivity index (χ2n) is 5.77. The Hall–Kier alpha value is -2.85. The molecule has 124 valence electrons. The first-order valence-corrected chi connectivity index (χ1v) is 8.22. The first kappa shape index (κ1) is 15.7. The number of amides is 1. The smallest absolute Gasteiger partial charge is 0.260 e. The first-order chi connectivity index (χ1) is 12.1. The normalized spacial score (nSPS) is 16.0. The van der Waals surface area contributed by atoms with E-state index in [1.54, 1.807) is 53.4 Å². The molecule has 0 aromatic heterocycles. The van der Waals surface area contributed by atoms with Crippen LogP contribution in [0.15, 0.2) is 72.8 Å². The highest BCUT2D eigenvalue weighted by molar-refractivity contribution is 6.30. The summed E-state index contributed by atoms with van der Waals surface area (Å²) in [6, 6.07) is 20.8. The van der Waals surface area contributed by atoms with E-state index in [2.05, 4.69) is 5.32 Å². The molecule has 1 atom stereocenters. The molecule has 3 aromatic rings. The third-order valence-electron chi connectivity index (χ3n) is 4.23. The Kier molecular flexibility index (Phi) is 3.90. The van der Waals surface area contributed by atoms with Crippen molar-refractivity contribution in [2.75, 3.05) is 10.2 Å². The second-order valence-corrected chi connectivity index (χ2v) is 6.20. The van der Waals surface area contributed by atoms with Crippen LogP contribution in [0.5, 0.6) is 0 Å². The molecule has 0 saturated heterocycles. The topological polar surface area (TPSA) is 32.3 Å². The fourth-order valence-electron chi connectivity index (χ4n) is 3.05. The predicted octanol–water partition coefficient (Wildman–Crippen LogP) is 5.25. The zero-order valence-corrected chi connectivity index (χ0v) is 13.9. The molecule has 0 spiro atoms. The molecule has 5 heteroatoms. The summed E-state index contributed by atoms with van der Waals surface area (Å²) >= 11 is 5.96. The van der Waals surface area contributed by atoms with Gasteiger partial charge in [-0.2, -0.15) is 0 Å². The second kappa shape index (κ2) is 6.22. The summed E-state index contributed by atoms with van der Waals surface area (Å²) < 4.78 is 14.1. The van der Waals surface area contributed by atoms with E-state index in [0.717, 1.165) is 5.56 Å². The number of fused-ring (bicyclic) bond motifs is 1. The summed E-state index contributed by atoms with van der Waals surface area (Å²) in [4.78, 5) is 14.5. The van der Waals surface area contributed by atoms with E-state index >= 15 is 0 Å². The van der Waals surface area contributed by atoms with Gasteiger partial charge in [-0.05, 0) is 42.5 Å². The summed E-state index contributed by atoms with van der Waals surface area (Å²) in [6.07, 6.45) is -0.498. The van der Waals surface area contributed by atoms with Crippen molar-refractivity contribution in [3.05, 3.63) is 94.8 Å². The number of carbonyl (C=O) groups is 1. The largest absolute Gasteiger partial charge is 0.359 e. The van der Waals surface area contributed by atoms with E-state index in [-0.39, 0.29) is 11.7 Å². The number of carbonyl (C=O) groups excluding carboxylic acids is 1. The number of anilines is 2. The van der Waals surface area contributed by atoms with Crippen LogP contribution in [-0.4, -0.2) is 5.91 Å². The van der Waals surface area contributed by atoms with Crippen LogP contribution < -0.4 is 10.2 Å². The fraction of sp³-hybridized carbons (Fsp3) is 0.0500. The molecular formula is C20H14ClFN2O. The van der Waals surface area contributed by atoms with Gasteiger partial charge in [0.25, 0.3) is 5.91 Å². The van der Waals surface area contributed by atoms with Crippen LogP contribution in [0.1, 0.15) is 22.1 Å². The lowest BCUT2D eigenvalue weighted by Gasteiger charge is -2.27. The number of benzene rings is 3. The SMILES string of the molecule is O=C1c2ccccc2[C@H](Nc2ccccc2F)N1c1ccc(Cl)cc1. The number of para-hydroxylation sites is 1. The van der Waals surface area contributed by atoms with E-state index in [1.165, 1.54) is 6.07 Å². The molecule has 25 heavy (non-hydrogen) atoms. The quantitative estimate of drug-likeness (QED) is 0.698. The van der Waals surface area contributed by atoms with Gasteiger partial charge in [0.1, 0.15) is 12.0 Å². The number of nitrogens with one attached hydrogen (secondary N) is 1. The summed E-state index contributed by atoms with van der Waals surface area (Å²) in [5.74, 6) is -0.498. The number of halogens is 2. The number of hydrogen-bond donors (Lipinski definition) is 1. The molecule has 0 unspecified atom stereocenters. The number of nitrogens with zero attached hydrogens (tertiary/aromatic N) is 1. The molecule has 1 aliphatic heterocycles. The number of hydrogen-bond acceptors (Lipinski definition) is 2. The molecule has 3 aromatic carbocycles. The van der Waals surface area contributed by atoms with Crippen molar-refractivity contribution in [1.82, 2.24) is 0 Å². The molecule has 1 amide bonds. The van der Waals surface area contributed by atoms with E-state index in [1.807, 2.05) is 18.2 Å². The Labute approximate surface area is 149 Å². The Morgan fingerprint density at radius 1 is 0.920 bits per heavy atom. The van der Waals surface area contributed by atoms with Crippen molar-refractivity contribution < 1.29 is 9.18 Å². The molecule has 0 aliphatic carbocycles. The van der Waals surface area contributed by atoms with Crippen molar-refractivity contribution in [3.63, 3.8) is 0 Å². The molecule has 3 nitrogen and oxygen atoms in total. The van der Waals surface area contributed by atoms with Crippen LogP contribution >= 0.6 is 11.6 Å². The molecule has 0 radical (unpaired) electrons. The Bertz CT molecular complexity index is 942. The zero-order valence-electron chi connectivity index (χ0n) is 13.1. The lowest BCUT2D eigenvalue weighted by Crippen LogP contribution is -2.32. The minimum atomic E-state index is -0.498. The van der Waals surface area contributed by atoms with Gasteiger partial charge in [0.15, 0.2) is 0 Å². The van der Waals surface area contributed by atoms with Crippen LogP contribution in [0.3, 0.4) is 0 Å². The summed E-state index contributed by atoms with van der Waals surface area (Å²) in [5, 5.41) is 3.75. The van der Waals surface area contributed by atoms with Crippen molar-refractivity contribution in [3.8, 4) is 0 Å². The minimum absolute atomic E-state index is 0.133. The average molecular weight is 353 g/mol. The maximum atomic E-state index is 14.1. The van der Waals surface area contributed by atoms with Crippen molar-refractivity contribution in [2.24, 2.45) is 0 Å². The van der Waals surface area contributed by atoms with E-state index in [4.69, 9.17) is 11.6 Å². The van der Waals surface area contributed by atoms with Crippen LogP contribution in [0.2, 0.25) is 5.02 Å². The van der Waals surface area contributed by atoms with Gasteiger partial charge in [-0.1, -0.05) is 41.9 Å². The maximum absolute atomic E-state index is 14.1. The molecule has 1 heterocycles. The van der Waals surface area contributed by atoms with Gasteiger partial charge >= 0.3 is 0 Å². The standard InChI is InChI=1S/C20H14ClFN2O/c21-13-9-11-14(12-10-13)24-19(23-18-8-4-3-7-17(18)22)15-5-1-2-6-16(15)20(24)25/h1-12,19,23H/t19-/m1/s1. The molecule has 0 saturated carbocycles. The lowest BCUT2D eigenvalue weighted by molar-refractivity contribution is 0.0993. The third kappa shape index (κ3) is 2.75. The van der Waals surface area contributed by atoms with Gasteiger partial charge in [-0.15, -0.1) is 0 Å². The summed E-state index contributed by atoms with van der Waals surface area (Å²) in [5.41, 5.74) is 2.45. The highest BCUT2D eigenvalue weighted by Gasteiger charge is 2.37. The Morgan fingerprint density at radius 3 is 2.36 bits per heavy atom. The van der Waals surface area contributed by atoms with Crippen LogP contribution in [-0.2, 0) is 0 Å². The Morgan fingerprint density at radius 2 is 1.60 bits per heavy atom. The number of rotatable bonds is 3. The molecule has 0 bridgehead atoms. The van der Waals surface area contributed by atoms with E-state index in [9.17, 15) is 9.18 Å². The van der Waals surface area contributed by atoms with Crippen molar-refractivity contribution >= 4 is 28.9 Å². The van der Waals surface area contributed by atoms with Crippen molar-refractivity contribution in [1.29, 1.82) is 0 Å². The first-order valence-electron chi connectivity index (χ1n) is 7.84. The maximum Gasteiger partial charge on any atom is 0.260 e. The van der Waals surface area contributed by atoms with Gasteiger partial charge < -0.3 is 5.32 Å². The third-order valence-corrected chi connectivity index (χ3v) is 4.49. The summed E-state index contributed by atoms with van der Waals surface area (Å²) in [6.45, 7) is 0. The summed E-state index contributed by atoms with van der Waals surface area (Å²) in [7, 11) is 0. The highest BCUT2D eigenvalue weighted by Crippen LogP contribution is 2.38. The lowest BCUT2D eigenvalue weighted by atomic mass is 10.1. The molecule has 1 N–H and O–H groups in total. The molecule has 4 rings (SSSR count). The van der Waals surface area contributed by atoms with Gasteiger partial charge in [-0.25, -0.2) is 4.39 Å². The van der Waals surface area contributed by atoms with E-state index < -0.39 is 6.17 Å². The van der Waals surface area contributed by atoms with Gasteiger partial charge in [0.05, 0.1) is 5.69 Å². The van der Waals surface area contributed by atoms with Crippen LogP contribution in [0, 0.1) is 5.82 Å². The molecular weight excluding hydrogens is 339 g/mol. The van der Waals surface area contributed by atoms with Gasteiger partial charge in [0.2, 0.25) is 0 Å². The highest BCUT2D eigenvalue weighted by atomic mass is 35.5. The Balaban J connectivity index is 1.80.